The van der Waals surface area contributed by atoms with Crippen LogP contribution in [0.1, 0.15) is 0 Å². The fraction of sp³-hybridized carbons (Fsp3) is 0.571. The van der Waals surface area contributed by atoms with Gasteiger partial charge in [-0.05, 0) is 0 Å². The molecule has 1 saturated heterocycles. The van der Waals surface area contributed by atoms with Crippen LogP contribution in [0.15, 0.2) is 11.6 Å². The third kappa shape index (κ3) is 2.20. The van der Waals surface area contributed by atoms with Crippen molar-refractivity contribution in [2.45, 2.75) is 0 Å². The van der Waals surface area contributed by atoms with Gasteiger partial charge in [0, 0.05) is 25.2 Å². The number of nitrogens with zero attached hydrogens (tertiary/aromatic N) is 1. The minimum atomic E-state index is -0.698. The first-order chi connectivity index (χ1) is 5.24. The van der Waals surface area contributed by atoms with Gasteiger partial charge in [0.25, 0.3) is 0 Å². The normalized spacial score (nSPS) is 20.5. The number of carboxylic acid groups (broad SMARTS) is 1. The van der Waals surface area contributed by atoms with Gasteiger partial charge in [-0.2, -0.15) is 0 Å². The van der Waals surface area contributed by atoms with E-state index < -0.39 is 5.97 Å². The second-order valence-electron chi connectivity index (χ2n) is 2.62. The Morgan fingerprint density at radius 3 is 2.82 bits per heavy atom. The molecule has 1 aliphatic heterocycles. The third-order valence-electron chi connectivity index (χ3n) is 1.76. The highest BCUT2D eigenvalue weighted by Crippen LogP contribution is 2.14. The molecule has 1 fully saturated rings. The van der Waals surface area contributed by atoms with E-state index in [2.05, 4.69) is 0 Å². The first-order valence-corrected chi connectivity index (χ1v) is 3.88. The maximum absolute atomic E-state index is 10.3. The summed E-state index contributed by atoms with van der Waals surface area (Å²) in [5.74, 6) is -0.866. The van der Waals surface area contributed by atoms with Crippen LogP contribution in [-0.4, -0.2) is 35.6 Å². The lowest BCUT2D eigenvalue weighted by atomic mass is 10.0. The molecule has 1 aliphatic rings. The van der Waals surface area contributed by atoms with Crippen LogP contribution in [-0.2, 0) is 4.79 Å². The van der Waals surface area contributed by atoms with Crippen LogP contribution in [0.25, 0.3) is 0 Å². The number of carboxylic acids is 1. The molecular weight excluding hydrogens is 166 g/mol. The molecule has 0 saturated carbocycles. The monoisotopic (exact) mass is 175 g/mol. The van der Waals surface area contributed by atoms with Crippen molar-refractivity contribution in [3.8, 4) is 0 Å². The Morgan fingerprint density at radius 1 is 1.73 bits per heavy atom. The van der Waals surface area contributed by atoms with Gasteiger partial charge in [0.15, 0.2) is 0 Å². The predicted octanol–water partition coefficient (Wildman–Crippen LogP) is 0.755. The third-order valence-corrected chi connectivity index (χ3v) is 1.94. The van der Waals surface area contributed by atoms with Gasteiger partial charge in [-0.25, -0.2) is 0 Å². The van der Waals surface area contributed by atoms with Gasteiger partial charge in [0.05, 0.1) is 5.92 Å². The molecule has 0 aliphatic carbocycles. The fourth-order valence-corrected chi connectivity index (χ4v) is 1.14. The van der Waals surface area contributed by atoms with E-state index in [0.29, 0.717) is 13.1 Å². The summed E-state index contributed by atoms with van der Waals surface area (Å²) in [6.45, 7) is 2.06. The molecule has 62 valence electrons. The van der Waals surface area contributed by atoms with Crippen LogP contribution < -0.4 is 0 Å². The maximum Gasteiger partial charge on any atom is 0.309 e. The zero-order chi connectivity index (χ0) is 8.27. The van der Waals surface area contributed by atoms with E-state index in [0.717, 1.165) is 6.54 Å². The molecule has 1 N–H and O–H groups in total. The van der Waals surface area contributed by atoms with E-state index in [4.69, 9.17) is 16.7 Å². The number of halogens is 1. The van der Waals surface area contributed by atoms with Crippen molar-refractivity contribution >= 4 is 17.6 Å². The van der Waals surface area contributed by atoms with E-state index in [1.54, 1.807) is 6.08 Å². The van der Waals surface area contributed by atoms with Crippen LogP contribution in [0.4, 0.5) is 0 Å². The number of aliphatic carboxylic acids is 1. The summed E-state index contributed by atoms with van der Waals surface area (Å²) in [4.78, 5) is 12.4. The summed E-state index contributed by atoms with van der Waals surface area (Å²) in [6, 6.07) is 0. The number of likely N-dealkylation sites (tertiary alicyclic amines) is 1. The summed E-state index contributed by atoms with van der Waals surface area (Å²) in [6.07, 6.45) is 1.81. The van der Waals surface area contributed by atoms with Gasteiger partial charge in [0.2, 0.25) is 0 Å². The fourth-order valence-electron chi connectivity index (χ4n) is 1.06. The van der Waals surface area contributed by atoms with Crippen LogP contribution in [0, 0.1) is 5.92 Å². The second kappa shape index (κ2) is 3.74. The summed E-state index contributed by atoms with van der Waals surface area (Å²) in [7, 11) is 0. The quantitative estimate of drug-likeness (QED) is 0.689. The zero-order valence-corrected chi connectivity index (χ0v) is 6.79. The van der Waals surface area contributed by atoms with E-state index in [-0.39, 0.29) is 5.92 Å². The molecule has 0 amide bonds. The second-order valence-corrected chi connectivity index (χ2v) is 2.87. The van der Waals surface area contributed by atoms with Crippen molar-refractivity contribution in [2.24, 2.45) is 5.92 Å². The molecule has 0 radical (unpaired) electrons. The molecular formula is C7H10ClNO2. The lowest BCUT2D eigenvalue weighted by molar-refractivity contribution is -0.147. The molecule has 11 heavy (non-hydrogen) atoms. The molecule has 0 aromatic carbocycles. The first-order valence-electron chi connectivity index (χ1n) is 3.44. The molecule has 3 nitrogen and oxygen atoms in total. The topological polar surface area (TPSA) is 40.5 Å². The molecule has 0 aromatic heterocycles. The van der Waals surface area contributed by atoms with Crippen LogP contribution in [0.2, 0.25) is 0 Å². The summed E-state index contributed by atoms with van der Waals surface area (Å²) in [5, 5.41) is 8.51. The van der Waals surface area contributed by atoms with Gasteiger partial charge >= 0.3 is 5.97 Å². The largest absolute Gasteiger partial charge is 0.481 e. The predicted molar refractivity (Wildman–Crippen MR) is 42.6 cm³/mol. The maximum atomic E-state index is 10.3. The zero-order valence-electron chi connectivity index (χ0n) is 6.03. The van der Waals surface area contributed by atoms with E-state index in [1.165, 1.54) is 5.54 Å². The Kier molecular flexibility index (Phi) is 2.91. The van der Waals surface area contributed by atoms with E-state index >= 15 is 0 Å². The smallest absolute Gasteiger partial charge is 0.309 e. The van der Waals surface area contributed by atoms with Gasteiger partial charge in [-0.15, -0.1) is 0 Å². The van der Waals surface area contributed by atoms with Gasteiger partial charge in [-0.3, -0.25) is 9.69 Å². The highest BCUT2D eigenvalue weighted by atomic mass is 35.5. The van der Waals surface area contributed by atoms with Crippen molar-refractivity contribution in [3.05, 3.63) is 11.6 Å². The van der Waals surface area contributed by atoms with Gasteiger partial charge in [-0.1, -0.05) is 17.7 Å². The van der Waals surface area contributed by atoms with Crippen LogP contribution in [0.5, 0.6) is 0 Å². The summed E-state index contributed by atoms with van der Waals surface area (Å²) in [5.41, 5.74) is 1.45. The van der Waals surface area contributed by atoms with Crippen LogP contribution in [0.3, 0.4) is 0 Å². The number of rotatable bonds is 3. The van der Waals surface area contributed by atoms with Gasteiger partial charge < -0.3 is 5.11 Å². The number of hydrogen-bond acceptors (Lipinski definition) is 2. The Labute approximate surface area is 70.3 Å². The lowest BCUT2D eigenvalue weighted by Crippen LogP contribution is -2.50. The van der Waals surface area contributed by atoms with Crippen molar-refractivity contribution < 1.29 is 9.90 Å². The molecule has 1 heterocycles. The van der Waals surface area contributed by atoms with Crippen molar-refractivity contribution in [2.75, 3.05) is 19.6 Å². The standard InChI is InChI=1S/C7H10ClNO2/c8-2-1-3-9-4-6(5-9)7(10)11/h1-2,6H,3-5H2,(H,10,11). The number of carbonyl (C=O) groups is 1. The van der Waals surface area contributed by atoms with Crippen LogP contribution >= 0.6 is 11.6 Å². The molecule has 0 unspecified atom stereocenters. The molecule has 0 aromatic rings. The summed E-state index contributed by atoms with van der Waals surface area (Å²) < 4.78 is 0. The molecule has 0 atom stereocenters. The highest BCUT2D eigenvalue weighted by molar-refractivity contribution is 6.25. The number of hydrogen-bond donors (Lipinski definition) is 1. The SMILES string of the molecule is O=C(O)C1CN(CC=CCl)C1. The van der Waals surface area contributed by atoms with Crippen molar-refractivity contribution in [1.29, 1.82) is 0 Å². The Hall–Kier alpha value is -0.540. The Balaban J connectivity index is 2.14. The molecule has 0 bridgehead atoms. The Morgan fingerprint density at radius 2 is 2.36 bits per heavy atom. The molecule has 1 rings (SSSR count). The molecule has 4 heteroatoms. The van der Waals surface area contributed by atoms with Gasteiger partial charge in [0.1, 0.15) is 0 Å². The Bertz CT molecular complexity index is 175. The summed E-state index contributed by atoms with van der Waals surface area (Å²) >= 11 is 5.30. The van der Waals surface area contributed by atoms with Crippen molar-refractivity contribution in [3.63, 3.8) is 0 Å². The lowest BCUT2D eigenvalue weighted by Gasteiger charge is -2.35. The minimum Gasteiger partial charge on any atom is -0.481 e. The minimum absolute atomic E-state index is 0.168. The highest BCUT2D eigenvalue weighted by Gasteiger charge is 2.31. The average Bonchev–Trinajstić information content (AvgIpc) is 1.84. The molecule has 0 spiro atoms. The van der Waals surface area contributed by atoms with Crippen molar-refractivity contribution in [1.82, 2.24) is 4.90 Å². The first kappa shape index (κ1) is 8.56. The average molecular weight is 176 g/mol. The van der Waals surface area contributed by atoms with E-state index in [1.807, 2.05) is 4.90 Å². The van der Waals surface area contributed by atoms with E-state index in [9.17, 15) is 4.79 Å².